The van der Waals surface area contributed by atoms with Gasteiger partial charge in [0.25, 0.3) is 5.91 Å². The molecular weight excluding hydrogens is 230 g/mol. The number of nitrogens with two attached hydrogens (primary N) is 1. The third-order valence-electron chi connectivity index (χ3n) is 3.02. The van der Waals surface area contributed by atoms with E-state index < -0.39 is 6.04 Å². The Morgan fingerprint density at radius 2 is 2.22 bits per heavy atom. The second-order valence-electron chi connectivity index (χ2n) is 4.19. The van der Waals surface area contributed by atoms with E-state index in [-0.39, 0.29) is 5.91 Å². The Balaban J connectivity index is 2.16. The quantitative estimate of drug-likeness (QED) is 0.793. The second kappa shape index (κ2) is 5.20. The highest BCUT2D eigenvalue weighted by molar-refractivity contribution is 5.85. The topological polar surface area (TPSA) is 71.3 Å². The van der Waals surface area contributed by atoms with Crippen LogP contribution in [-0.2, 0) is 16.1 Å². The number of aromatic nitrogens is 1. The van der Waals surface area contributed by atoms with Gasteiger partial charge in [0.15, 0.2) is 0 Å². The molecule has 0 saturated heterocycles. The Bertz CT molecular complexity index is 550. The Morgan fingerprint density at radius 1 is 1.50 bits per heavy atom. The summed E-state index contributed by atoms with van der Waals surface area (Å²) in [6.07, 6.45) is 2.38. The van der Waals surface area contributed by atoms with Gasteiger partial charge in [0.05, 0.1) is 13.2 Å². The first-order valence-corrected chi connectivity index (χ1v) is 5.75. The summed E-state index contributed by atoms with van der Waals surface area (Å²) in [7, 11) is 2.99. The molecular formula is C13H17N3O2. The molecule has 5 heteroatoms. The van der Waals surface area contributed by atoms with E-state index in [1.54, 1.807) is 7.05 Å². The molecule has 0 aliphatic carbocycles. The molecule has 0 radical (unpaired) electrons. The molecule has 0 bridgehead atoms. The summed E-state index contributed by atoms with van der Waals surface area (Å²) in [5.74, 6) is -0.234. The van der Waals surface area contributed by atoms with Crippen molar-refractivity contribution >= 4 is 16.8 Å². The molecule has 0 saturated carbocycles. The van der Waals surface area contributed by atoms with Gasteiger partial charge in [-0.05, 0) is 18.1 Å². The first kappa shape index (κ1) is 12.6. The molecule has 1 amide bonds. The number of benzene rings is 1. The molecule has 1 unspecified atom stereocenters. The fourth-order valence-electron chi connectivity index (χ4n) is 1.95. The number of carbonyl (C=O) groups excluding carboxylic acids is 1. The van der Waals surface area contributed by atoms with Crippen LogP contribution in [0.4, 0.5) is 0 Å². The molecule has 5 nitrogen and oxygen atoms in total. The summed E-state index contributed by atoms with van der Waals surface area (Å²) < 4.78 is 0. The van der Waals surface area contributed by atoms with Gasteiger partial charge in [-0.15, -0.1) is 0 Å². The van der Waals surface area contributed by atoms with E-state index in [1.165, 1.54) is 7.11 Å². The van der Waals surface area contributed by atoms with Crippen LogP contribution < -0.4 is 5.73 Å². The van der Waals surface area contributed by atoms with Crippen molar-refractivity contribution in [2.24, 2.45) is 5.73 Å². The predicted octanol–water partition coefficient (Wildman–Crippen LogP) is 1.06. The number of nitrogens with zero attached hydrogens (tertiary/aromatic N) is 1. The van der Waals surface area contributed by atoms with Crippen LogP contribution in [0.15, 0.2) is 30.5 Å². The fraction of sp³-hybridized carbons (Fsp3) is 0.308. The van der Waals surface area contributed by atoms with Crippen molar-refractivity contribution in [2.45, 2.75) is 12.5 Å². The molecule has 1 atom stereocenters. The number of carbonyl (C=O) groups is 1. The first-order valence-electron chi connectivity index (χ1n) is 5.75. The first-order chi connectivity index (χ1) is 8.63. The molecule has 96 valence electrons. The SMILES string of the molecule is CON(C)C(=O)C(N)Cc1c[nH]c2ccccc12. The van der Waals surface area contributed by atoms with E-state index in [0.29, 0.717) is 6.42 Å². The second-order valence-corrected chi connectivity index (χ2v) is 4.19. The molecule has 0 spiro atoms. The van der Waals surface area contributed by atoms with E-state index in [2.05, 4.69) is 4.98 Å². The minimum absolute atomic E-state index is 0.234. The molecule has 0 aliphatic rings. The van der Waals surface area contributed by atoms with Gasteiger partial charge in [0, 0.05) is 24.1 Å². The minimum atomic E-state index is -0.603. The Kier molecular flexibility index (Phi) is 3.64. The monoisotopic (exact) mass is 247 g/mol. The summed E-state index contributed by atoms with van der Waals surface area (Å²) in [4.78, 5) is 19.8. The highest BCUT2D eigenvalue weighted by Gasteiger charge is 2.19. The Morgan fingerprint density at radius 3 is 2.94 bits per heavy atom. The standard InChI is InChI=1S/C13H17N3O2/c1-16(18-2)13(17)11(14)7-9-8-15-12-6-4-3-5-10(9)12/h3-6,8,11,15H,7,14H2,1-2H3. The van der Waals surface area contributed by atoms with Crippen molar-refractivity contribution in [1.82, 2.24) is 10.0 Å². The van der Waals surface area contributed by atoms with Gasteiger partial charge in [-0.25, -0.2) is 5.06 Å². The molecule has 0 fully saturated rings. The number of hydroxylamine groups is 2. The largest absolute Gasteiger partial charge is 0.361 e. The highest BCUT2D eigenvalue weighted by atomic mass is 16.7. The third kappa shape index (κ3) is 2.37. The van der Waals surface area contributed by atoms with Crippen LogP contribution in [0.2, 0.25) is 0 Å². The molecule has 2 rings (SSSR count). The predicted molar refractivity (Wildman–Crippen MR) is 69.8 cm³/mol. The number of H-pyrrole nitrogens is 1. The maximum atomic E-state index is 11.8. The van der Waals surface area contributed by atoms with Gasteiger partial charge in [-0.2, -0.15) is 0 Å². The normalized spacial score (nSPS) is 12.6. The number of aromatic amines is 1. The fourth-order valence-corrected chi connectivity index (χ4v) is 1.95. The molecule has 3 N–H and O–H groups in total. The molecule has 1 heterocycles. The Hall–Kier alpha value is -1.85. The molecule has 1 aromatic heterocycles. The van der Waals surface area contributed by atoms with Crippen molar-refractivity contribution in [3.63, 3.8) is 0 Å². The van der Waals surface area contributed by atoms with Crippen molar-refractivity contribution in [3.05, 3.63) is 36.0 Å². The van der Waals surface area contributed by atoms with Crippen LogP contribution in [0.3, 0.4) is 0 Å². The van der Waals surface area contributed by atoms with Crippen molar-refractivity contribution in [3.8, 4) is 0 Å². The average molecular weight is 247 g/mol. The van der Waals surface area contributed by atoms with E-state index in [0.717, 1.165) is 21.5 Å². The number of likely N-dealkylation sites (N-methyl/N-ethyl adjacent to an activating group) is 1. The van der Waals surface area contributed by atoms with Gasteiger partial charge < -0.3 is 10.7 Å². The van der Waals surface area contributed by atoms with Crippen LogP contribution >= 0.6 is 0 Å². The maximum absolute atomic E-state index is 11.8. The number of nitrogens with one attached hydrogen (secondary N) is 1. The summed E-state index contributed by atoms with van der Waals surface area (Å²) in [6, 6.07) is 7.33. The third-order valence-corrected chi connectivity index (χ3v) is 3.02. The van der Waals surface area contributed by atoms with Crippen LogP contribution in [0, 0.1) is 0 Å². The number of hydrogen-bond acceptors (Lipinski definition) is 3. The number of para-hydroxylation sites is 1. The van der Waals surface area contributed by atoms with Crippen LogP contribution in [0.25, 0.3) is 10.9 Å². The van der Waals surface area contributed by atoms with Crippen LogP contribution in [0.1, 0.15) is 5.56 Å². The Labute approximate surface area is 105 Å². The highest BCUT2D eigenvalue weighted by Crippen LogP contribution is 2.18. The van der Waals surface area contributed by atoms with Crippen LogP contribution in [0.5, 0.6) is 0 Å². The number of amides is 1. The smallest absolute Gasteiger partial charge is 0.263 e. The van der Waals surface area contributed by atoms with E-state index in [9.17, 15) is 4.79 Å². The van der Waals surface area contributed by atoms with Gasteiger partial charge in [0.1, 0.15) is 0 Å². The number of hydrogen-bond donors (Lipinski definition) is 2. The lowest BCUT2D eigenvalue weighted by Crippen LogP contribution is -2.42. The van der Waals surface area contributed by atoms with Crippen molar-refractivity contribution < 1.29 is 9.63 Å². The van der Waals surface area contributed by atoms with E-state index >= 15 is 0 Å². The van der Waals surface area contributed by atoms with E-state index in [4.69, 9.17) is 10.6 Å². The average Bonchev–Trinajstić information content (AvgIpc) is 2.80. The maximum Gasteiger partial charge on any atom is 0.263 e. The van der Waals surface area contributed by atoms with E-state index in [1.807, 2.05) is 30.5 Å². The zero-order valence-electron chi connectivity index (χ0n) is 10.5. The summed E-state index contributed by atoms with van der Waals surface area (Å²) in [5.41, 5.74) is 7.98. The summed E-state index contributed by atoms with van der Waals surface area (Å²) >= 11 is 0. The summed E-state index contributed by atoms with van der Waals surface area (Å²) in [5, 5.41) is 2.25. The zero-order valence-corrected chi connectivity index (χ0v) is 10.5. The zero-order chi connectivity index (χ0) is 13.1. The van der Waals surface area contributed by atoms with Crippen molar-refractivity contribution in [2.75, 3.05) is 14.2 Å². The van der Waals surface area contributed by atoms with Gasteiger partial charge in [-0.3, -0.25) is 9.63 Å². The van der Waals surface area contributed by atoms with Gasteiger partial charge >= 0.3 is 0 Å². The van der Waals surface area contributed by atoms with Gasteiger partial charge in [0.2, 0.25) is 0 Å². The minimum Gasteiger partial charge on any atom is -0.361 e. The number of fused-ring (bicyclic) bond motifs is 1. The van der Waals surface area contributed by atoms with Gasteiger partial charge in [-0.1, -0.05) is 18.2 Å². The van der Waals surface area contributed by atoms with Crippen LogP contribution in [-0.4, -0.2) is 36.2 Å². The number of rotatable bonds is 4. The molecule has 18 heavy (non-hydrogen) atoms. The molecule has 0 aliphatic heterocycles. The van der Waals surface area contributed by atoms with Crippen molar-refractivity contribution in [1.29, 1.82) is 0 Å². The molecule has 2 aromatic rings. The lowest BCUT2D eigenvalue weighted by molar-refractivity contribution is -0.170. The lowest BCUT2D eigenvalue weighted by Gasteiger charge is -2.18. The molecule has 1 aromatic carbocycles. The lowest BCUT2D eigenvalue weighted by atomic mass is 10.1. The summed E-state index contributed by atoms with van der Waals surface area (Å²) in [6.45, 7) is 0.